The van der Waals surface area contributed by atoms with Gasteiger partial charge in [-0.05, 0) is 66.4 Å². The number of piperidine rings is 1. The van der Waals surface area contributed by atoms with Gasteiger partial charge in [0.1, 0.15) is 23.1 Å². The molecule has 5 rings (SSSR count). The highest BCUT2D eigenvalue weighted by Gasteiger charge is 2.20. The molecule has 0 saturated carbocycles. The number of likely N-dealkylation sites (tertiary alicyclic amines) is 1. The number of halogens is 2. The second kappa shape index (κ2) is 11.3. The molecule has 0 unspecified atom stereocenters. The zero-order valence-corrected chi connectivity index (χ0v) is 21.0. The van der Waals surface area contributed by atoms with Crippen molar-refractivity contribution in [3.05, 3.63) is 95.2 Å². The molecule has 0 atom stereocenters. The topological polar surface area (TPSA) is 46.9 Å². The summed E-state index contributed by atoms with van der Waals surface area (Å²) >= 11 is 0. The summed E-state index contributed by atoms with van der Waals surface area (Å²) in [5.74, 6) is 0.482. The van der Waals surface area contributed by atoms with E-state index in [0.29, 0.717) is 13.2 Å². The van der Waals surface area contributed by atoms with Crippen molar-refractivity contribution in [2.45, 2.75) is 38.5 Å². The summed E-state index contributed by atoms with van der Waals surface area (Å²) in [7, 11) is 1.65. The number of benzene rings is 3. The van der Waals surface area contributed by atoms with Crippen LogP contribution in [0.5, 0.6) is 11.5 Å². The Labute approximate surface area is 215 Å². The first-order valence-electron chi connectivity index (χ1n) is 12.7. The molecule has 0 radical (unpaired) electrons. The average Bonchev–Trinajstić information content (AvgIpc) is 3.24. The van der Waals surface area contributed by atoms with Gasteiger partial charge in [0.15, 0.2) is 0 Å². The molecule has 5 nitrogen and oxygen atoms in total. The van der Waals surface area contributed by atoms with Crippen LogP contribution < -0.4 is 9.47 Å². The normalized spacial score (nSPS) is 14.8. The van der Waals surface area contributed by atoms with Gasteiger partial charge in [-0.3, -0.25) is 4.90 Å². The van der Waals surface area contributed by atoms with Crippen LogP contribution in [0.25, 0.3) is 10.9 Å². The third kappa shape index (κ3) is 5.95. The lowest BCUT2D eigenvalue weighted by Crippen LogP contribution is -2.35. The molecule has 1 fully saturated rings. The first-order valence-corrected chi connectivity index (χ1v) is 12.7. The van der Waals surface area contributed by atoms with Gasteiger partial charge in [0.25, 0.3) is 0 Å². The molecule has 1 aliphatic rings. The van der Waals surface area contributed by atoms with Gasteiger partial charge in [-0.25, -0.2) is 8.78 Å². The van der Waals surface area contributed by atoms with Gasteiger partial charge in [0, 0.05) is 48.7 Å². The monoisotopic (exact) mass is 506 g/mol. The fourth-order valence-corrected chi connectivity index (χ4v) is 4.95. The van der Waals surface area contributed by atoms with Crippen molar-refractivity contribution in [3.8, 4) is 11.5 Å². The predicted octanol–water partition coefficient (Wildman–Crippen LogP) is 5.55. The van der Waals surface area contributed by atoms with Crippen molar-refractivity contribution < 1.29 is 23.4 Å². The molecule has 1 aromatic heterocycles. The molecule has 1 saturated heterocycles. The largest absolute Gasteiger partial charge is 0.497 e. The Hall–Kier alpha value is -3.42. The number of aromatic nitrogens is 1. The zero-order valence-electron chi connectivity index (χ0n) is 21.0. The molecule has 0 aliphatic carbocycles. The van der Waals surface area contributed by atoms with Crippen molar-refractivity contribution in [2.24, 2.45) is 0 Å². The Morgan fingerprint density at radius 2 is 1.62 bits per heavy atom. The Morgan fingerprint density at radius 3 is 2.32 bits per heavy atom. The second-order valence-electron chi connectivity index (χ2n) is 9.62. The van der Waals surface area contributed by atoms with Gasteiger partial charge in [0.05, 0.1) is 26.4 Å². The number of ether oxygens (including phenoxy) is 2. The molecule has 0 bridgehead atoms. The van der Waals surface area contributed by atoms with Crippen LogP contribution in [0.3, 0.4) is 0 Å². The molecule has 37 heavy (non-hydrogen) atoms. The minimum absolute atomic E-state index is 0.0480. The Bertz CT molecular complexity index is 1320. The quantitative estimate of drug-likeness (QED) is 0.323. The molecule has 194 valence electrons. The van der Waals surface area contributed by atoms with E-state index >= 15 is 0 Å². The summed E-state index contributed by atoms with van der Waals surface area (Å²) in [5, 5.41) is 10.9. The van der Waals surface area contributed by atoms with Gasteiger partial charge in [-0.2, -0.15) is 0 Å². The fourth-order valence-electron chi connectivity index (χ4n) is 4.95. The number of hydrogen-bond donors (Lipinski definition) is 1. The van der Waals surface area contributed by atoms with Crippen molar-refractivity contribution in [2.75, 3.05) is 26.8 Å². The number of hydrogen-bond acceptors (Lipinski definition) is 4. The van der Waals surface area contributed by atoms with E-state index in [1.165, 1.54) is 18.2 Å². The summed E-state index contributed by atoms with van der Waals surface area (Å²) in [5.41, 5.74) is 3.18. The van der Waals surface area contributed by atoms with Crippen LogP contribution in [0, 0.1) is 11.6 Å². The smallest absolute Gasteiger partial charge is 0.131 e. The van der Waals surface area contributed by atoms with Gasteiger partial charge >= 0.3 is 0 Å². The molecule has 2 heterocycles. The molecule has 0 spiro atoms. The molecular formula is C30H32F2N2O3. The Kier molecular flexibility index (Phi) is 7.72. The molecule has 1 N–H and O–H groups in total. The van der Waals surface area contributed by atoms with E-state index in [4.69, 9.17) is 9.47 Å². The second-order valence-corrected chi connectivity index (χ2v) is 9.62. The summed E-state index contributed by atoms with van der Waals surface area (Å²) < 4.78 is 42.1. The number of nitrogens with zero attached hydrogens (tertiary/aromatic N) is 2. The third-order valence-corrected chi connectivity index (χ3v) is 7.09. The Balaban J connectivity index is 1.38. The van der Waals surface area contributed by atoms with Gasteiger partial charge in [-0.1, -0.05) is 18.2 Å². The van der Waals surface area contributed by atoms with Crippen molar-refractivity contribution in [1.29, 1.82) is 0 Å². The lowest BCUT2D eigenvalue weighted by atomic mass is 10.1. The van der Waals surface area contributed by atoms with Crippen LogP contribution in [0.4, 0.5) is 8.78 Å². The van der Waals surface area contributed by atoms with Gasteiger partial charge < -0.3 is 19.1 Å². The minimum atomic E-state index is -0.549. The maximum absolute atomic E-state index is 14.4. The van der Waals surface area contributed by atoms with Crippen LogP contribution in [-0.4, -0.2) is 47.5 Å². The molecule has 3 aromatic carbocycles. The van der Waals surface area contributed by atoms with Crippen molar-refractivity contribution in [1.82, 2.24) is 9.47 Å². The number of rotatable bonds is 9. The highest BCUT2D eigenvalue weighted by Crippen LogP contribution is 2.29. The molecular weight excluding hydrogens is 474 g/mol. The maximum Gasteiger partial charge on any atom is 0.131 e. The maximum atomic E-state index is 14.4. The standard InChI is InChI=1S/C30H32F2N2O3/c1-36-24-7-5-21(6-8-24)13-16-37-25-9-10-30-26(17-25)22(18-33-14-11-23(35)12-15-33)19-34(30)20-27-28(31)3-2-4-29(27)32/h2-10,17,19,23,35H,11-16,18,20H2,1H3. The summed E-state index contributed by atoms with van der Waals surface area (Å²) in [6.45, 7) is 2.96. The first kappa shape index (κ1) is 25.2. The Morgan fingerprint density at radius 1 is 0.919 bits per heavy atom. The lowest BCUT2D eigenvalue weighted by molar-refractivity contribution is 0.0794. The van der Waals surface area contributed by atoms with Crippen LogP contribution in [0.2, 0.25) is 0 Å². The van der Waals surface area contributed by atoms with E-state index in [9.17, 15) is 13.9 Å². The van der Waals surface area contributed by atoms with E-state index in [0.717, 1.165) is 65.9 Å². The van der Waals surface area contributed by atoms with E-state index in [1.807, 2.05) is 53.2 Å². The van der Waals surface area contributed by atoms with E-state index in [-0.39, 0.29) is 18.2 Å². The van der Waals surface area contributed by atoms with Crippen LogP contribution in [0.1, 0.15) is 29.5 Å². The van der Waals surface area contributed by atoms with Crippen LogP contribution in [0.15, 0.2) is 66.9 Å². The predicted molar refractivity (Wildman–Crippen MR) is 140 cm³/mol. The summed E-state index contributed by atoms with van der Waals surface area (Å²) in [6.07, 6.45) is 4.01. The zero-order chi connectivity index (χ0) is 25.8. The van der Waals surface area contributed by atoms with Gasteiger partial charge in [-0.15, -0.1) is 0 Å². The minimum Gasteiger partial charge on any atom is -0.497 e. The van der Waals surface area contributed by atoms with E-state index in [2.05, 4.69) is 4.90 Å². The molecule has 4 aromatic rings. The molecule has 7 heteroatoms. The summed E-state index contributed by atoms with van der Waals surface area (Å²) in [6, 6.07) is 17.8. The number of fused-ring (bicyclic) bond motifs is 1. The number of aliphatic hydroxyl groups is 1. The number of aliphatic hydroxyl groups excluding tert-OH is 1. The average molecular weight is 507 g/mol. The SMILES string of the molecule is COc1ccc(CCOc2ccc3c(c2)c(CN2CCC(O)CC2)cn3Cc2c(F)cccc2F)cc1. The van der Waals surface area contributed by atoms with Crippen molar-refractivity contribution >= 4 is 10.9 Å². The van der Waals surface area contributed by atoms with Crippen LogP contribution >= 0.6 is 0 Å². The third-order valence-electron chi connectivity index (χ3n) is 7.09. The van der Waals surface area contributed by atoms with Crippen molar-refractivity contribution in [3.63, 3.8) is 0 Å². The highest BCUT2D eigenvalue weighted by atomic mass is 19.1. The van der Waals surface area contributed by atoms with Gasteiger partial charge in [0.2, 0.25) is 0 Å². The molecule has 0 amide bonds. The fraction of sp³-hybridized carbons (Fsp3) is 0.333. The van der Waals surface area contributed by atoms with E-state index in [1.54, 1.807) is 7.11 Å². The first-order chi connectivity index (χ1) is 18.0. The lowest BCUT2D eigenvalue weighted by Gasteiger charge is -2.29. The summed E-state index contributed by atoms with van der Waals surface area (Å²) in [4.78, 5) is 2.31. The number of methoxy groups -OCH3 is 1. The van der Waals surface area contributed by atoms with Crippen LogP contribution in [-0.2, 0) is 19.5 Å². The highest BCUT2D eigenvalue weighted by molar-refractivity contribution is 5.85. The van der Waals surface area contributed by atoms with E-state index < -0.39 is 11.6 Å². The molecule has 1 aliphatic heterocycles.